The first-order valence-corrected chi connectivity index (χ1v) is 15.9. The summed E-state index contributed by atoms with van der Waals surface area (Å²) in [6.45, 7) is 6.54. The van der Waals surface area contributed by atoms with Crippen LogP contribution in [0.25, 0.3) is 22.3 Å². The Hall–Kier alpha value is -4.17. The van der Waals surface area contributed by atoms with Gasteiger partial charge in [0.15, 0.2) is 0 Å². The molecule has 0 aromatic heterocycles. The zero-order chi connectivity index (χ0) is 29.1. The van der Waals surface area contributed by atoms with Crippen LogP contribution in [0.1, 0.15) is 67.3 Å². The van der Waals surface area contributed by atoms with E-state index in [1.165, 1.54) is 75.9 Å². The Labute approximate surface area is 254 Å². The van der Waals surface area contributed by atoms with Crippen LogP contribution in [0.5, 0.6) is 0 Å². The smallest absolute Gasteiger partial charge is 0.126 e. The molecule has 3 atom stereocenters. The van der Waals surface area contributed by atoms with E-state index in [0.717, 1.165) is 17.3 Å². The molecule has 0 saturated heterocycles. The minimum Gasteiger partial charge on any atom is -0.310 e. The maximum Gasteiger partial charge on any atom is 0.126 e. The molecule has 9 rings (SSSR count). The van der Waals surface area contributed by atoms with Crippen molar-refractivity contribution in [2.75, 3.05) is 4.90 Å². The van der Waals surface area contributed by atoms with E-state index < -0.39 is 0 Å². The van der Waals surface area contributed by atoms with Gasteiger partial charge in [0.2, 0.25) is 0 Å². The van der Waals surface area contributed by atoms with Gasteiger partial charge < -0.3 is 4.90 Å². The minimum absolute atomic E-state index is 0.106. The molecule has 43 heavy (non-hydrogen) atoms. The molecule has 1 spiro atoms. The van der Waals surface area contributed by atoms with Crippen molar-refractivity contribution in [3.05, 3.63) is 137 Å². The fourth-order valence-electron chi connectivity index (χ4n) is 9.63. The van der Waals surface area contributed by atoms with Gasteiger partial charge in [-0.05, 0) is 119 Å². The molecular formula is C41H36FN. The van der Waals surface area contributed by atoms with Gasteiger partial charge in [-0.15, -0.1) is 0 Å². The largest absolute Gasteiger partial charge is 0.310 e. The predicted octanol–water partition coefficient (Wildman–Crippen LogP) is 11.0. The van der Waals surface area contributed by atoms with E-state index in [0.29, 0.717) is 11.5 Å². The first kappa shape index (κ1) is 25.3. The molecule has 2 saturated carbocycles. The van der Waals surface area contributed by atoms with Crippen LogP contribution in [-0.4, -0.2) is 0 Å². The van der Waals surface area contributed by atoms with Gasteiger partial charge in [-0.1, -0.05) is 87.0 Å². The summed E-state index contributed by atoms with van der Waals surface area (Å²) in [5.41, 5.74) is 15.1. The molecule has 2 heteroatoms. The molecule has 2 fully saturated rings. The number of hydrogen-bond acceptors (Lipinski definition) is 1. The van der Waals surface area contributed by atoms with E-state index in [-0.39, 0.29) is 16.6 Å². The summed E-state index contributed by atoms with van der Waals surface area (Å²) in [6, 6.07) is 37.5. The van der Waals surface area contributed by atoms with E-state index in [9.17, 15) is 4.39 Å². The Bertz CT molecular complexity index is 1970. The fourth-order valence-corrected chi connectivity index (χ4v) is 9.63. The highest BCUT2D eigenvalue weighted by atomic mass is 19.1. The van der Waals surface area contributed by atoms with Crippen LogP contribution in [0, 0.1) is 24.6 Å². The highest BCUT2D eigenvalue weighted by molar-refractivity contribution is 5.96. The third kappa shape index (κ3) is 3.27. The molecule has 4 aliphatic rings. The number of anilines is 3. The highest BCUT2D eigenvalue weighted by Gasteiger charge is 2.57. The van der Waals surface area contributed by atoms with Gasteiger partial charge in [-0.2, -0.15) is 0 Å². The molecule has 5 aromatic carbocycles. The van der Waals surface area contributed by atoms with Crippen LogP contribution in [0.4, 0.5) is 21.5 Å². The van der Waals surface area contributed by atoms with E-state index in [1.807, 2.05) is 19.1 Å². The van der Waals surface area contributed by atoms with Gasteiger partial charge >= 0.3 is 0 Å². The van der Waals surface area contributed by atoms with E-state index in [1.54, 1.807) is 6.07 Å². The molecule has 212 valence electrons. The summed E-state index contributed by atoms with van der Waals surface area (Å²) < 4.78 is 14.7. The quantitative estimate of drug-likeness (QED) is 0.212. The molecule has 0 aliphatic heterocycles. The first-order chi connectivity index (χ1) is 20.9. The Morgan fingerprint density at radius 1 is 0.674 bits per heavy atom. The Morgan fingerprint density at radius 2 is 1.37 bits per heavy atom. The second kappa shape index (κ2) is 8.69. The third-order valence-corrected chi connectivity index (χ3v) is 11.5. The lowest BCUT2D eigenvalue weighted by Gasteiger charge is -2.37. The molecule has 5 aromatic rings. The maximum absolute atomic E-state index is 14.7. The average molecular weight is 562 g/mol. The summed E-state index contributed by atoms with van der Waals surface area (Å²) in [7, 11) is 0. The second-order valence-corrected chi connectivity index (χ2v) is 14.0. The van der Waals surface area contributed by atoms with Gasteiger partial charge in [0.25, 0.3) is 0 Å². The molecule has 0 N–H and O–H groups in total. The molecular weight excluding hydrogens is 525 g/mol. The number of aryl methyl sites for hydroxylation is 1. The van der Waals surface area contributed by atoms with Crippen LogP contribution in [0.15, 0.2) is 103 Å². The van der Waals surface area contributed by atoms with Gasteiger partial charge in [-0.25, -0.2) is 4.39 Å². The van der Waals surface area contributed by atoms with Crippen molar-refractivity contribution in [2.45, 2.75) is 57.3 Å². The molecule has 3 unspecified atom stereocenters. The molecule has 2 bridgehead atoms. The average Bonchev–Trinajstić information content (AvgIpc) is 3.77. The number of rotatable bonds is 3. The lowest BCUT2D eigenvalue weighted by Crippen LogP contribution is -2.31. The molecule has 0 radical (unpaired) electrons. The summed E-state index contributed by atoms with van der Waals surface area (Å²) in [5, 5.41) is 0. The summed E-state index contributed by atoms with van der Waals surface area (Å²) >= 11 is 0. The molecule has 1 nitrogen and oxygen atoms in total. The topological polar surface area (TPSA) is 3.24 Å². The number of hydrogen-bond donors (Lipinski definition) is 0. The lowest BCUT2D eigenvalue weighted by molar-refractivity contribution is 0.327. The van der Waals surface area contributed by atoms with Crippen molar-refractivity contribution in [3.8, 4) is 22.3 Å². The van der Waals surface area contributed by atoms with E-state index in [4.69, 9.17) is 0 Å². The van der Waals surface area contributed by atoms with Gasteiger partial charge in [0.05, 0.1) is 5.69 Å². The van der Waals surface area contributed by atoms with E-state index in [2.05, 4.69) is 104 Å². The zero-order valence-electron chi connectivity index (χ0n) is 25.1. The number of benzene rings is 5. The molecule has 0 heterocycles. The highest BCUT2D eigenvalue weighted by Crippen LogP contribution is 2.67. The van der Waals surface area contributed by atoms with E-state index >= 15 is 0 Å². The van der Waals surface area contributed by atoms with Crippen molar-refractivity contribution < 1.29 is 4.39 Å². The van der Waals surface area contributed by atoms with Gasteiger partial charge in [-0.3, -0.25) is 0 Å². The lowest BCUT2D eigenvalue weighted by atomic mass is 9.67. The standard InChI is InChI=1S/C41H36FN/c1-25-21-28(18-20-37(25)42)43(29-17-19-31-30-9-4-6-11-33(30)40(2,3)36(31)23-29)38-14-8-13-35-39(38)32-10-5-7-12-34(32)41(35)24-26-15-16-27(41)22-26/h4-14,17-21,23,26-27H,15-16,22,24H2,1-3H3. The number of nitrogens with zero attached hydrogens (tertiary/aromatic N) is 1. The maximum atomic E-state index is 14.7. The summed E-state index contributed by atoms with van der Waals surface area (Å²) in [5.74, 6) is 1.36. The van der Waals surface area contributed by atoms with Crippen LogP contribution in [0.3, 0.4) is 0 Å². The second-order valence-electron chi connectivity index (χ2n) is 14.0. The predicted molar refractivity (Wildman–Crippen MR) is 175 cm³/mol. The fraction of sp³-hybridized carbons (Fsp3) is 0.268. The SMILES string of the molecule is Cc1cc(N(c2ccc3c(c2)C(C)(C)c2ccccc2-3)c2cccc3c2-c2ccccc2C32CC3CCC2C3)ccc1F. The Kier molecular flexibility index (Phi) is 5.12. The third-order valence-electron chi connectivity index (χ3n) is 11.5. The number of fused-ring (bicyclic) bond motifs is 11. The summed E-state index contributed by atoms with van der Waals surface area (Å²) in [6.07, 6.45) is 5.30. The van der Waals surface area contributed by atoms with Crippen LogP contribution in [0.2, 0.25) is 0 Å². The Morgan fingerprint density at radius 3 is 2.14 bits per heavy atom. The van der Waals surface area contributed by atoms with Crippen LogP contribution in [-0.2, 0) is 10.8 Å². The first-order valence-electron chi connectivity index (χ1n) is 15.9. The van der Waals surface area contributed by atoms with Crippen LogP contribution >= 0.6 is 0 Å². The van der Waals surface area contributed by atoms with Crippen molar-refractivity contribution in [3.63, 3.8) is 0 Å². The summed E-state index contributed by atoms with van der Waals surface area (Å²) in [4.78, 5) is 2.40. The Balaban J connectivity index is 1.30. The molecule has 0 amide bonds. The normalized spacial score (nSPS) is 23.3. The van der Waals surface area contributed by atoms with Crippen molar-refractivity contribution >= 4 is 17.1 Å². The zero-order valence-corrected chi connectivity index (χ0v) is 25.1. The van der Waals surface area contributed by atoms with Gasteiger partial charge in [0, 0.05) is 27.8 Å². The molecule has 4 aliphatic carbocycles. The van der Waals surface area contributed by atoms with Crippen LogP contribution < -0.4 is 4.90 Å². The van der Waals surface area contributed by atoms with Crippen molar-refractivity contribution in [2.24, 2.45) is 11.8 Å². The number of halogens is 1. The van der Waals surface area contributed by atoms with Crippen molar-refractivity contribution in [1.82, 2.24) is 0 Å². The van der Waals surface area contributed by atoms with Gasteiger partial charge in [0.1, 0.15) is 5.82 Å². The van der Waals surface area contributed by atoms with Crippen molar-refractivity contribution in [1.29, 1.82) is 0 Å². The minimum atomic E-state index is -0.168. The monoisotopic (exact) mass is 561 g/mol.